The van der Waals surface area contributed by atoms with Gasteiger partial charge in [-0.25, -0.2) is 9.52 Å². The number of benzene rings is 1. The number of amides is 1. The molecule has 0 heterocycles. The Morgan fingerprint density at radius 3 is 2.19 bits per heavy atom. The molecule has 1 N–H and O–H groups in total. The van der Waals surface area contributed by atoms with E-state index in [0.717, 1.165) is 16.3 Å². The second-order valence-electron chi connectivity index (χ2n) is 5.60. The van der Waals surface area contributed by atoms with E-state index < -0.39 is 21.9 Å². The number of hydrogen-bond acceptors (Lipinski definition) is 4. The van der Waals surface area contributed by atoms with Gasteiger partial charge in [-0.15, -0.1) is 0 Å². The summed E-state index contributed by atoms with van der Waals surface area (Å²) in [6.07, 6.45) is -0.132. The lowest BCUT2D eigenvalue weighted by Gasteiger charge is -2.23. The van der Waals surface area contributed by atoms with Crippen molar-refractivity contribution in [3.05, 3.63) is 29.8 Å². The zero-order valence-electron chi connectivity index (χ0n) is 13.0. The summed E-state index contributed by atoms with van der Waals surface area (Å²) >= 11 is 0. The average Bonchev–Trinajstić information content (AvgIpc) is 2.35. The Bertz CT molecular complexity index is 588. The van der Waals surface area contributed by atoms with Crippen LogP contribution in [0.4, 0.5) is 10.5 Å². The predicted molar refractivity (Wildman–Crippen MR) is 82.5 cm³/mol. The third-order valence-corrected chi connectivity index (χ3v) is 4.04. The van der Waals surface area contributed by atoms with Crippen molar-refractivity contribution in [2.75, 3.05) is 11.4 Å². The summed E-state index contributed by atoms with van der Waals surface area (Å²) in [6, 6.07) is 7.06. The normalized spacial score (nSPS) is 11.9. The Morgan fingerprint density at radius 2 is 1.76 bits per heavy atom. The summed E-state index contributed by atoms with van der Waals surface area (Å²) in [5.74, 6) is 0. The van der Waals surface area contributed by atoms with E-state index in [1.807, 2.05) is 23.8 Å². The lowest BCUT2D eigenvalue weighted by molar-refractivity contribution is 0.0570. The van der Waals surface area contributed by atoms with Crippen LogP contribution in [-0.2, 0) is 21.4 Å². The van der Waals surface area contributed by atoms with Crippen molar-refractivity contribution in [1.29, 1.82) is 0 Å². The third-order valence-electron chi connectivity index (χ3n) is 2.68. The largest absolute Gasteiger partial charge is 0.443 e. The number of ether oxygens (including phenoxy) is 1. The summed E-state index contributed by atoms with van der Waals surface area (Å²) in [6.45, 7) is 6.99. The van der Waals surface area contributed by atoms with Crippen LogP contribution >= 0.6 is 0 Å². The quantitative estimate of drug-likeness (QED) is 0.926. The van der Waals surface area contributed by atoms with Gasteiger partial charge in [-0.2, -0.15) is 8.42 Å². The molecule has 0 unspecified atom stereocenters. The number of anilines is 1. The van der Waals surface area contributed by atoms with Gasteiger partial charge < -0.3 is 4.74 Å². The van der Waals surface area contributed by atoms with Crippen molar-refractivity contribution in [3.63, 3.8) is 0 Å². The molecule has 0 saturated heterocycles. The zero-order chi connectivity index (χ0) is 16.3. The Hall–Kier alpha value is -1.76. The molecule has 0 radical (unpaired) electrons. The minimum Gasteiger partial charge on any atom is -0.443 e. The minimum atomic E-state index is -4.00. The number of nitrogens with one attached hydrogen (secondary N) is 1. The van der Waals surface area contributed by atoms with Gasteiger partial charge in [-0.3, -0.25) is 4.31 Å². The van der Waals surface area contributed by atoms with Crippen molar-refractivity contribution < 1.29 is 17.9 Å². The van der Waals surface area contributed by atoms with Crippen molar-refractivity contribution in [1.82, 2.24) is 4.72 Å². The predicted octanol–water partition coefficient (Wildman–Crippen LogP) is 2.45. The fraction of sp³-hybridized carbons (Fsp3) is 0.500. The van der Waals surface area contributed by atoms with E-state index in [2.05, 4.69) is 0 Å². The number of nitrogens with zero attached hydrogens (tertiary/aromatic N) is 1. The first-order valence-corrected chi connectivity index (χ1v) is 8.08. The Balaban J connectivity index is 2.83. The van der Waals surface area contributed by atoms with E-state index in [-0.39, 0.29) is 0 Å². The van der Waals surface area contributed by atoms with E-state index in [1.54, 1.807) is 32.9 Å². The number of carbonyl (C=O) groups excluding carboxylic acids is 1. The molecule has 1 aromatic carbocycles. The summed E-state index contributed by atoms with van der Waals surface area (Å²) in [5.41, 5.74) is 0.800. The average molecular weight is 314 g/mol. The molecule has 1 rings (SSSR count). The number of rotatable bonds is 4. The molecule has 0 spiro atoms. The molecular formula is C14H22N2O4S. The first-order valence-electron chi connectivity index (χ1n) is 6.64. The van der Waals surface area contributed by atoms with Gasteiger partial charge in [0.05, 0.1) is 5.69 Å². The van der Waals surface area contributed by atoms with Gasteiger partial charge in [0.15, 0.2) is 0 Å². The molecule has 118 valence electrons. The third kappa shape index (κ3) is 5.26. The minimum absolute atomic E-state index is 0.461. The Morgan fingerprint density at radius 1 is 1.24 bits per heavy atom. The number of carbonyl (C=O) groups is 1. The second-order valence-corrected chi connectivity index (χ2v) is 7.30. The van der Waals surface area contributed by atoms with Gasteiger partial charge in [0.1, 0.15) is 5.60 Å². The number of hydrogen-bond donors (Lipinski definition) is 1. The maximum atomic E-state index is 12.1. The topological polar surface area (TPSA) is 75.7 Å². The Labute approximate surface area is 126 Å². The van der Waals surface area contributed by atoms with Gasteiger partial charge in [-0.1, -0.05) is 19.1 Å². The molecule has 21 heavy (non-hydrogen) atoms. The summed E-state index contributed by atoms with van der Waals surface area (Å²) < 4.78 is 32.0. The molecule has 1 amide bonds. The fourth-order valence-corrected chi connectivity index (χ4v) is 2.34. The van der Waals surface area contributed by atoms with Crippen molar-refractivity contribution >= 4 is 22.0 Å². The van der Waals surface area contributed by atoms with E-state index in [4.69, 9.17) is 4.74 Å². The van der Waals surface area contributed by atoms with Crippen molar-refractivity contribution in [3.8, 4) is 0 Å². The van der Waals surface area contributed by atoms with E-state index >= 15 is 0 Å². The molecule has 0 fully saturated rings. The van der Waals surface area contributed by atoms with Crippen LogP contribution in [0, 0.1) is 0 Å². The molecule has 1 aromatic rings. The monoisotopic (exact) mass is 314 g/mol. The van der Waals surface area contributed by atoms with Gasteiger partial charge in [0.25, 0.3) is 0 Å². The molecule has 0 aromatic heterocycles. The zero-order valence-corrected chi connectivity index (χ0v) is 13.8. The maximum Gasteiger partial charge on any atom is 0.422 e. The van der Waals surface area contributed by atoms with Crippen LogP contribution in [0.1, 0.15) is 33.3 Å². The van der Waals surface area contributed by atoms with Crippen LogP contribution in [-0.4, -0.2) is 27.2 Å². The van der Waals surface area contributed by atoms with E-state index in [0.29, 0.717) is 5.69 Å². The highest BCUT2D eigenvalue weighted by atomic mass is 32.2. The van der Waals surface area contributed by atoms with Gasteiger partial charge in [0.2, 0.25) is 0 Å². The van der Waals surface area contributed by atoms with Crippen LogP contribution in [0.3, 0.4) is 0 Å². The van der Waals surface area contributed by atoms with Crippen molar-refractivity contribution in [2.24, 2.45) is 0 Å². The molecule has 0 aliphatic heterocycles. The van der Waals surface area contributed by atoms with Crippen LogP contribution in [0.15, 0.2) is 24.3 Å². The molecule has 7 heteroatoms. The molecule has 0 aliphatic carbocycles. The number of aryl methyl sites for hydroxylation is 1. The standard InChI is InChI=1S/C14H22N2O4S/c1-6-11-7-9-12(10-8-11)16(5)21(18,19)15-13(17)20-14(2,3)4/h7-10H,6H2,1-5H3,(H,15,17). The van der Waals surface area contributed by atoms with Crippen molar-refractivity contribution in [2.45, 2.75) is 39.7 Å². The summed E-state index contributed by atoms with van der Waals surface area (Å²) in [5, 5.41) is 0. The van der Waals surface area contributed by atoms with E-state index in [9.17, 15) is 13.2 Å². The molecule has 0 atom stereocenters. The first kappa shape index (κ1) is 17.3. The molecule has 0 bridgehead atoms. The summed E-state index contributed by atoms with van der Waals surface area (Å²) in [4.78, 5) is 11.6. The lowest BCUT2D eigenvalue weighted by Crippen LogP contribution is -2.43. The molecule has 6 nitrogen and oxygen atoms in total. The first-order chi connectivity index (χ1) is 9.55. The van der Waals surface area contributed by atoms with Crippen LogP contribution in [0.5, 0.6) is 0 Å². The molecular weight excluding hydrogens is 292 g/mol. The maximum absolute atomic E-state index is 12.1. The Kier molecular flexibility index (Phi) is 5.22. The van der Waals surface area contributed by atoms with Crippen LogP contribution in [0.2, 0.25) is 0 Å². The molecule has 0 aliphatic rings. The van der Waals surface area contributed by atoms with Crippen LogP contribution in [0.25, 0.3) is 0 Å². The van der Waals surface area contributed by atoms with Crippen LogP contribution < -0.4 is 9.03 Å². The fourth-order valence-electron chi connectivity index (χ4n) is 1.55. The van der Waals surface area contributed by atoms with Gasteiger partial charge in [-0.05, 0) is 44.9 Å². The second kappa shape index (κ2) is 6.34. The van der Waals surface area contributed by atoms with Gasteiger partial charge >= 0.3 is 16.3 Å². The van der Waals surface area contributed by atoms with E-state index in [1.165, 1.54) is 7.05 Å². The highest BCUT2D eigenvalue weighted by Gasteiger charge is 2.24. The van der Waals surface area contributed by atoms with Gasteiger partial charge in [0, 0.05) is 7.05 Å². The highest BCUT2D eigenvalue weighted by molar-refractivity contribution is 7.91. The lowest BCUT2D eigenvalue weighted by atomic mass is 10.1. The smallest absolute Gasteiger partial charge is 0.422 e. The highest BCUT2D eigenvalue weighted by Crippen LogP contribution is 2.17. The summed E-state index contributed by atoms with van der Waals surface area (Å²) in [7, 11) is -2.63. The molecule has 0 saturated carbocycles. The SMILES string of the molecule is CCc1ccc(N(C)S(=O)(=O)NC(=O)OC(C)(C)C)cc1.